The minimum absolute atomic E-state index is 0.359. The van der Waals surface area contributed by atoms with Gasteiger partial charge in [-0.3, -0.25) is 4.68 Å². The number of carbonyl (C=O) groups is 1. The van der Waals surface area contributed by atoms with Crippen LogP contribution < -0.4 is 0 Å². The number of rotatable bonds is 5. The van der Waals surface area contributed by atoms with Crippen molar-refractivity contribution >= 4 is 5.97 Å². The average molecular weight is 313 g/mol. The van der Waals surface area contributed by atoms with E-state index in [9.17, 15) is 4.79 Å². The number of piperidine rings is 1. The number of carboxylic acids is 1. The molecule has 1 saturated heterocycles. The van der Waals surface area contributed by atoms with Gasteiger partial charge >= 0.3 is 5.97 Å². The van der Waals surface area contributed by atoms with Gasteiger partial charge in [0.05, 0.1) is 11.8 Å². The second-order valence-electron chi connectivity index (χ2n) is 6.34. The first-order valence-corrected chi connectivity index (χ1v) is 8.15. The molecule has 0 spiro atoms. The highest BCUT2D eigenvalue weighted by Crippen LogP contribution is 2.27. The van der Waals surface area contributed by atoms with Crippen molar-refractivity contribution in [3.63, 3.8) is 0 Å². The van der Waals surface area contributed by atoms with Crippen LogP contribution in [0.25, 0.3) is 0 Å². The van der Waals surface area contributed by atoms with Crippen LogP contribution in [-0.4, -0.2) is 45.4 Å². The van der Waals surface area contributed by atoms with E-state index >= 15 is 0 Å². The molecular weight excluding hydrogens is 290 g/mol. The van der Waals surface area contributed by atoms with Gasteiger partial charge in [-0.1, -0.05) is 12.1 Å². The fraction of sp³-hybridized carbons (Fsp3) is 0.444. The van der Waals surface area contributed by atoms with Gasteiger partial charge in [0, 0.05) is 26.3 Å². The van der Waals surface area contributed by atoms with Crippen LogP contribution in [0.5, 0.6) is 0 Å². The van der Waals surface area contributed by atoms with E-state index in [1.165, 1.54) is 24.0 Å². The summed E-state index contributed by atoms with van der Waals surface area (Å²) in [7, 11) is 1.95. The normalized spacial score (nSPS) is 18.9. The molecule has 2 heterocycles. The van der Waals surface area contributed by atoms with Gasteiger partial charge in [0.1, 0.15) is 0 Å². The summed E-state index contributed by atoms with van der Waals surface area (Å²) in [6, 6.07) is 7.37. The van der Waals surface area contributed by atoms with Crippen LogP contribution in [0.15, 0.2) is 36.7 Å². The van der Waals surface area contributed by atoms with E-state index in [0.29, 0.717) is 11.5 Å². The highest BCUT2D eigenvalue weighted by atomic mass is 16.4. The number of likely N-dealkylation sites (tertiary alicyclic amines) is 1. The largest absolute Gasteiger partial charge is 0.478 e. The topological polar surface area (TPSA) is 58.4 Å². The van der Waals surface area contributed by atoms with Gasteiger partial charge in [-0.15, -0.1) is 0 Å². The van der Waals surface area contributed by atoms with Gasteiger partial charge in [0.25, 0.3) is 0 Å². The molecule has 23 heavy (non-hydrogen) atoms. The van der Waals surface area contributed by atoms with E-state index < -0.39 is 5.97 Å². The van der Waals surface area contributed by atoms with E-state index in [1.54, 1.807) is 12.1 Å². The molecule has 1 aliphatic rings. The molecule has 1 atom stereocenters. The lowest BCUT2D eigenvalue weighted by molar-refractivity contribution is 0.0697. The van der Waals surface area contributed by atoms with Crippen LogP contribution in [0.2, 0.25) is 0 Å². The predicted octanol–water partition coefficient (Wildman–Crippen LogP) is 2.54. The van der Waals surface area contributed by atoms with Crippen LogP contribution in [0.3, 0.4) is 0 Å². The minimum atomic E-state index is -0.863. The fourth-order valence-corrected chi connectivity index (χ4v) is 3.32. The van der Waals surface area contributed by atoms with Gasteiger partial charge in [0.15, 0.2) is 0 Å². The Morgan fingerprint density at radius 2 is 2.13 bits per heavy atom. The standard InChI is InChI=1S/C18H23N3O2/c1-20-12-14(11-19-20)8-10-21-9-2-3-17(13-21)15-4-6-16(7-5-15)18(22)23/h4-7,11-12,17H,2-3,8-10,13H2,1H3,(H,22,23). The van der Waals surface area contributed by atoms with Crippen molar-refractivity contribution < 1.29 is 9.90 Å². The predicted molar refractivity (Wildman–Crippen MR) is 88.7 cm³/mol. The van der Waals surface area contributed by atoms with Crippen molar-refractivity contribution in [1.82, 2.24) is 14.7 Å². The Labute approximate surface area is 136 Å². The van der Waals surface area contributed by atoms with Gasteiger partial charge in [-0.25, -0.2) is 4.79 Å². The van der Waals surface area contributed by atoms with E-state index in [1.807, 2.05) is 30.1 Å². The molecule has 1 N–H and O–H groups in total. The molecule has 1 fully saturated rings. The van der Waals surface area contributed by atoms with E-state index in [2.05, 4.69) is 16.2 Å². The second-order valence-corrected chi connectivity index (χ2v) is 6.34. The number of benzene rings is 1. The number of aromatic nitrogens is 2. The Morgan fingerprint density at radius 1 is 1.35 bits per heavy atom. The molecule has 2 aromatic rings. The Balaban J connectivity index is 1.58. The number of carboxylic acid groups (broad SMARTS) is 1. The summed E-state index contributed by atoms with van der Waals surface area (Å²) < 4.78 is 1.85. The number of hydrogen-bond donors (Lipinski definition) is 1. The molecule has 3 rings (SSSR count). The van der Waals surface area contributed by atoms with Gasteiger partial charge < -0.3 is 10.0 Å². The van der Waals surface area contributed by atoms with Crippen LogP contribution in [0.4, 0.5) is 0 Å². The molecule has 1 aromatic heterocycles. The first-order valence-electron chi connectivity index (χ1n) is 8.15. The maximum absolute atomic E-state index is 10.9. The van der Waals surface area contributed by atoms with Crippen molar-refractivity contribution in [2.24, 2.45) is 7.05 Å². The van der Waals surface area contributed by atoms with Crippen molar-refractivity contribution in [2.75, 3.05) is 19.6 Å². The lowest BCUT2D eigenvalue weighted by Crippen LogP contribution is -2.35. The third-order valence-electron chi connectivity index (χ3n) is 4.61. The maximum atomic E-state index is 10.9. The first-order chi connectivity index (χ1) is 11.1. The monoisotopic (exact) mass is 313 g/mol. The van der Waals surface area contributed by atoms with Crippen molar-refractivity contribution in [3.8, 4) is 0 Å². The van der Waals surface area contributed by atoms with E-state index in [-0.39, 0.29) is 0 Å². The van der Waals surface area contributed by atoms with Crippen LogP contribution in [-0.2, 0) is 13.5 Å². The highest BCUT2D eigenvalue weighted by Gasteiger charge is 2.21. The number of aryl methyl sites for hydroxylation is 1. The summed E-state index contributed by atoms with van der Waals surface area (Å²) in [6.07, 6.45) is 7.41. The summed E-state index contributed by atoms with van der Waals surface area (Å²) in [5.74, 6) is -0.362. The Bertz CT molecular complexity index is 663. The summed E-state index contributed by atoms with van der Waals surface area (Å²) in [6.45, 7) is 3.24. The Kier molecular flexibility index (Phi) is 4.76. The van der Waals surface area contributed by atoms with Gasteiger partial charge in [0.2, 0.25) is 0 Å². The Hall–Kier alpha value is -2.14. The third kappa shape index (κ3) is 3.99. The molecule has 0 amide bonds. The SMILES string of the molecule is Cn1cc(CCN2CCCC(c3ccc(C(=O)O)cc3)C2)cn1. The molecule has 0 bridgehead atoms. The summed E-state index contributed by atoms with van der Waals surface area (Å²) in [4.78, 5) is 13.5. The lowest BCUT2D eigenvalue weighted by Gasteiger charge is -2.33. The molecule has 1 aromatic carbocycles. The summed E-state index contributed by atoms with van der Waals surface area (Å²) in [5, 5.41) is 13.2. The molecule has 1 aliphatic heterocycles. The second kappa shape index (κ2) is 6.96. The van der Waals surface area contributed by atoms with Crippen LogP contribution in [0.1, 0.15) is 40.2 Å². The van der Waals surface area contributed by atoms with Crippen molar-refractivity contribution in [2.45, 2.75) is 25.2 Å². The maximum Gasteiger partial charge on any atom is 0.335 e. The smallest absolute Gasteiger partial charge is 0.335 e. The molecule has 0 saturated carbocycles. The summed E-state index contributed by atoms with van der Waals surface area (Å²) in [5.41, 5.74) is 2.89. The summed E-state index contributed by atoms with van der Waals surface area (Å²) >= 11 is 0. The molecule has 122 valence electrons. The quantitative estimate of drug-likeness (QED) is 0.921. The third-order valence-corrected chi connectivity index (χ3v) is 4.61. The number of hydrogen-bond acceptors (Lipinski definition) is 3. The zero-order valence-electron chi connectivity index (χ0n) is 13.5. The van der Waals surface area contributed by atoms with Crippen LogP contribution >= 0.6 is 0 Å². The van der Waals surface area contributed by atoms with Crippen molar-refractivity contribution in [3.05, 3.63) is 53.3 Å². The molecule has 0 aliphatic carbocycles. The zero-order chi connectivity index (χ0) is 16.2. The zero-order valence-corrected chi connectivity index (χ0v) is 13.5. The van der Waals surface area contributed by atoms with E-state index in [0.717, 1.165) is 26.1 Å². The lowest BCUT2D eigenvalue weighted by atomic mass is 9.90. The number of nitrogens with zero attached hydrogens (tertiary/aromatic N) is 3. The number of aromatic carboxylic acids is 1. The molecule has 5 nitrogen and oxygen atoms in total. The van der Waals surface area contributed by atoms with Gasteiger partial charge in [-0.2, -0.15) is 5.10 Å². The molecule has 5 heteroatoms. The molecule has 1 unspecified atom stereocenters. The van der Waals surface area contributed by atoms with E-state index in [4.69, 9.17) is 5.11 Å². The van der Waals surface area contributed by atoms with Crippen LogP contribution in [0, 0.1) is 0 Å². The average Bonchev–Trinajstić information content (AvgIpc) is 2.99. The molecule has 0 radical (unpaired) electrons. The van der Waals surface area contributed by atoms with Gasteiger partial charge in [-0.05, 0) is 55.0 Å². The minimum Gasteiger partial charge on any atom is -0.478 e. The molecular formula is C18H23N3O2. The van der Waals surface area contributed by atoms with Crippen molar-refractivity contribution in [1.29, 1.82) is 0 Å². The fourth-order valence-electron chi connectivity index (χ4n) is 3.32. The first kappa shape index (κ1) is 15.7. The Morgan fingerprint density at radius 3 is 2.78 bits per heavy atom. The highest BCUT2D eigenvalue weighted by molar-refractivity contribution is 5.87.